The topological polar surface area (TPSA) is 41.1 Å². The average Bonchev–Trinajstić information content (AvgIpc) is 2.40. The van der Waals surface area contributed by atoms with E-state index in [0.29, 0.717) is 0 Å². The molecule has 0 bridgehead atoms. The second-order valence-corrected chi connectivity index (χ2v) is 5.40. The van der Waals surface area contributed by atoms with Crippen LogP contribution in [0.4, 0.5) is 11.8 Å². The lowest BCUT2D eigenvalue weighted by Crippen LogP contribution is -2.31. The molecule has 100 valence electrons. The lowest BCUT2D eigenvalue weighted by molar-refractivity contribution is 0.568. The molecule has 1 aromatic heterocycles. The summed E-state index contributed by atoms with van der Waals surface area (Å²) in [5.41, 5.74) is 0. The molecule has 4 nitrogen and oxygen atoms in total. The summed E-state index contributed by atoms with van der Waals surface area (Å²) >= 11 is 0. The number of hydrogen-bond acceptors (Lipinski definition) is 4. The van der Waals surface area contributed by atoms with Crippen LogP contribution in [0.3, 0.4) is 0 Å². The monoisotopic (exact) mass is 248 g/mol. The smallest absolute Gasteiger partial charge is 0.227 e. The summed E-state index contributed by atoms with van der Waals surface area (Å²) in [6.07, 6.45) is 6.88. The Morgan fingerprint density at radius 1 is 1.28 bits per heavy atom. The Kier molecular flexibility index (Phi) is 4.79. The molecule has 1 aliphatic rings. The van der Waals surface area contributed by atoms with E-state index in [1.165, 1.54) is 25.7 Å². The van der Waals surface area contributed by atoms with Gasteiger partial charge in [-0.15, -0.1) is 0 Å². The average molecular weight is 248 g/mol. The Morgan fingerprint density at radius 3 is 2.78 bits per heavy atom. The first-order valence-electron chi connectivity index (χ1n) is 7.07. The van der Waals surface area contributed by atoms with Crippen LogP contribution < -0.4 is 10.2 Å². The minimum atomic E-state index is 0.723. The highest BCUT2D eigenvalue weighted by molar-refractivity contribution is 5.41. The molecule has 1 N–H and O–H groups in total. The fourth-order valence-corrected chi connectivity index (χ4v) is 2.18. The zero-order valence-corrected chi connectivity index (χ0v) is 11.5. The first-order chi connectivity index (χ1) is 8.75. The molecule has 0 aromatic carbocycles. The highest BCUT2D eigenvalue weighted by Gasteiger charge is 2.13. The molecular formula is C14H24N4. The molecule has 1 saturated heterocycles. The minimum Gasteiger partial charge on any atom is -0.370 e. The van der Waals surface area contributed by atoms with Crippen LogP contribution >= 0.6 is 0 Å². The lowest BCUT2D eigenvalue weighted by atomic mass is 10.1. The molecular weight excluding hydrogens is 224 g/mol. The summed E-state index contributed by atoms with van der Waals surface area (Å²) in [4.78, 5) is 11.3. The second kappa shape index (κ2) is 6.57. The zero-order chi connectivity index (χ0) is 12.8. The van der Waals surface area contributed by atoms with Crippen LogP contribution in [-0.4, -0.2) is 29.6 Å². The summed E-state index contributed by atoms with van der Waals surface area (Å²) in [6, 6.07) is 1.95. The van der Waals surface area contributed by atoms with E-state index in [4.69, 9.17) is 0 Å². The van der Waals surface area contributed by atoms with Crippen molar-refractivity contribution in [3.8, 4) is 0 Å². The van der Waals surface area contributed by atoms with Crippen LogP contribution in [0, 0.1) is 5.92 Å². The van der Waals surface area contributed by atoms with Crippen LogP contribution in [-0.2, 0) is 0 Å². The van der Waals surface area contributed by atoms with Gasteiger partial charge in [-0.05, 0) is 37.7 Å². The van der Waals surface area contributed by atoms with E-state index in [1.54, 1.807) is 0 Å². The predicted octanol–water partition coefficient (Wildman–Crippen LogP) is 2.92. The van der Waals surface area contributed by atoms with Gasteiger partial charge in [0.2, 0.25) is 5.95 Å². The van der Waals surface area contributed by atoms with Gasteiger partial charge in [-0.25, -0.2) is 4.98 Å². The third kappa shape index (κ3) is 3.86. The lowest BCUT2D eigenvalue weighted by Gasteiger charge is -2.26. The van der Waals surface area contributed by atoms with Crippen molar-refractivity contribution in [2.24, 2.45) is 5.92 Å². The molecule has 1 aromatic rings. The minimum absolute atomic E-state index is 0.723. The van der Waals surface area contributed by atoms with E-state index in [0.717, 1.165) is 37.3 Å². The fourth-order valence-electron chi connectivity index (χ4n) is 2.18. The molecule has 0 atom stereocenters. The van der Waals surface area contributed by atoms with Gasteiger partial charge in [0.1, 0.15) is 5.82 Å². The zero-order valence-electron chi connectivity index (χ0n) is 11.5. The predicted molar refractivity (Wildman–Crippen MR) is 76.0 cm³/mol. The molecule has 0 saturated carbocycles. The molecule has 0 aliphatic carbocycles. The van der Waals surface area contributed by atoms with Crippen LogP contribution in [0.5, 0.6) is 0 Å². The van der Waals surface area contributed by atoms with Crippen LogP contribution in [0.2, 0.25) is 0 Å². The summed E-state index contributed by atoms with van der Waals surface area (Å²) in [7, 11) is 0. The summed E-state index contributed by atoms with van der Waals surface area (Å²) in [5.74, 6) is 2.55. The number of nitrogens with zero attached hydrogens (tertiary/aromatic N) is 3. The van der Waals surface area contributed by atoms with Crippen molar-refractivity contribution in [2.75, 3.05) is 29.9 Å². The summed E-state index contributed by atoms with van der Waals surface area (Å²) in [6.45, 7) is 7.64. The van der Waals surface area contributed by atoms with Crippen molar-refractivity contribution in [2.45, 2.75) is 39.5 Å². The molecule has 18 heavy (non-hydrogen) atoms. The molecule has 0 amide bonds. The maximum absolute atomic E-state index is 4.60. The Labute approximate surface area is 110 Å². The van der Waals surface area contributed by atoms with E-state index < -0.39 is 0 Å². The van der Waals surface area contributed by atoms with E-state index in [-0.39, 0.29) is 0 Å². The van der Waals surface area contributed by atoms with E-state index in [2.05, 4.69) is 34.0 Å². The van der Waals surface area contributed by atoms with Crippen LogP contribution in [0.15, 0.2) is 12.3 Å². The van der Waals surface area contributed by atoms with Crippen molar-refractivity contribution in [1.82, 2.24) is 9.97 Å². The third-order valence-electron chi connectivity index (χ3n) is 3.31. The van der Waals surface area contributed by atoms with Crippen LogP contribution in [0.25, 0.3) is 0 Å². The van der Waals surface area contributed by atoms with Crippen molar-refractivity contribution < 1.29 is 0 Å². The van der Waals surface area contributed by atoms with Crippen molar-refractivity contribution >= 4 is 11.8 Å². The number of piperidine rings is 1. The molecule has 0 spiro atoms. The van der Waals surface area contributed by atoms with Gasteiger partial charge in [-0.2, -0.15) is 4.98 Å². The van der Waals surface area contributed by atoms with E-state index in [1.807, 2.05) is 12.3 Å². The molecule has 0 unspecified atom stereocenters. The molecule has 1 fully saturated rings. The molecule has 4 heteroatoms. The highest BCUT2D eigenvalue weighted by Crippen LogP contribution is 2.16. The molecule has 2 rings (SSSR count). The third-order valence-corrected chi connectivity index (χ3v) is 3.31. The number of hydrogen-bond donors (Lipinski definition) is 1. The first kappa shape index (κ1) is 13.1. The fraction of sp³-hybridized carbons (Fsp3) is 0.714. The molecule has 1 aliphatic heterocycles. The normalized spacial score (nSPS) is 16.1. The van der Waals surface area contributed by atoms with Gasteiger partial charge in [0, 0.05) is 25.8 Å². The summed E-state index contributed by atoms with van der Waals surface area (Å²) in [5, 5.41) is 3.38. The Morgan fingerprint density at radius 2 is 2.06 bits per heavy atom. The maximum atomic E-state index is 4.60. The standard InChI is InChI=1S/C14H24N4/c1-12(2)6-8-15-13-7-9-16-14(17-13)18-10-4-3-5-11-18/h7,9,12H,3-6,8,10-11H2,1-2H3,(H,15,16,17). The molecule has 2 heterocycles. The van der Waals surface area contributed by atoms with Gasteiger partial charge in [-0.1, -0.05) is 13.8 Å². The number of aromatic nitrogens is 2. The van der Waals surface area contributed by atoms with Gasteiger partial charge in [0.25, 0.3) is 0 Å². The van der Waals surface area contributed by atoms with Gasteiger partial charge >= 0.3 is 0 Å². The SMILES string of the molecule is CC(C)CCNc1ccnc(N2CCCCC2)n1. The van der Waals surface area contributed by atoms with Crippen LogP contribution in [0.1, 0.15) is 39.5 Å². The van der Waals surface area contributed by atoms with E-state index in [9.17, 15) is 0 Å². The highest BCUT2D eigenvalue weighted by atomic mass is 15.3. The molecule has 0 radical (unpaired) electrons. The first-order valence-corrected chi connectivity index (χ1v) is 7.07. The Bertz CT molecular complexity index is 359. The number of rotatable bonds is 5. The van der Waals surface area contributed by atoms with Gasteiger partial charge < -0.3 is 10.2 Å². The van der Waals surface area contributed by atoms with Gasteiger partial charge in [0.05, 0.1) is 0 Å². The Hall–Kier alpha value is -1.32. The maximum Gasteiger partial charge on any atom is 0.227 e. The van der Waals surface area contributed by atoms with Crippen molar-refractivity contribution in [3.63, 3.8) is 0 Å². The van der Waals surface area contributed by atoms with E-state index >= 15 is 0 Å². The largest absolute Gasteiger partial charge is 0.370 e. The number of anilines is 2. The number of nitrogens with one attached hydrogen (secondary N) is 1. The second-order valence-electron chi connectivity index (χ2n) is 5.40. The Balaban J connectivity index is 1.91. The van der Waals surface area contributed by atoms with Gasteiger partial charge in [-0.3, -0.25) is 0 Å². The van der Waals surface area contributed by atoms with Gasteiger partial charge in [0.15, 0.2) is 0 Å². The quantitative estimate of drug-likeness (QED) is 0.870. The summed E-state index contributed by atoms with van der Waals surface area (Å²) < 4.78 is 0. The van der Waals surface area contributed by atoms with Crippen molar-refractivity contribution in [3.05, 3.63) is 12.3 Å². The van der Waals surface area contributed by atoms with Crippen molar-refractivity contribution in [1.29, 1.82) is 0 Å².